The van der Waals surface area contributed by atoms with Gasteiger partial charge in [-0.05, 0) is 62.6 Å². The fourth-order valence-electron chi connectivity index (χ4n) is 6.53. The first-order valence-corrected chi connectivity index (χ1v) is 19.2. The van der Waals surface area contributed by atoms with Crippen LogP contribution in [0.5, 0.6) is 0 Å². The Kier molecular flexibility index (Phi) is 8.59. The van der Waals surface area contributed by atoms with Crippen LogP contribution in [0, 0.1) is 11.8 Å². The van der Waals surface area contributed by atoms with Gasteiger partial charge in [-0.2, -0.15) is 4.31 Å². The number of piperidine rings is 2. The number of nitrogens with one attached hydrogen (secondary N) is 1. The third-order valence-electron chi connectivity index (χ3n) is 8.91. The smallest absolute Gasteiger partial charge is 0.258 e. The molecule has 14 heteroatoms. The normalized spacial score (nSPS) is 24.1. The molecule has 6 rings (SSSR count). The summed E-state index contributed by atoms with van der Waals surface area (Å²) in [6, 6.07) is 9.18. The van der Waals surface area contributed by atoms with Crippen molar-refractivity contribution in [3.63, 3.8) is 0 Å². The zero-order chi connectivity index (χ0) is 30.5. The van der Waals surface area contributed by atoms with Crippen molar-refractivity contribution in [1.29, 1.82) is 0 Å². The van der Waals surface area contributed by atoms with E-state index >= 15 is 0 Å². The molecule has 0 spiro atoms. The highest BCUT2D eigenvalue weighted by Gasteiger charge is 2.37. The van der Waals surface area contributed by atoms with Gasteiger partial charge in [-0.3, -0.25) is 9.59 Å². The lowest BCUT2D eigenvalue weighted by Crippen LogP contribution is -2.43. The van der Waals surface area contributed by atoms with Gasteiger partial charge in [0.15, 0.2) is 0 Å². The number of rotatable bonds is 8. The number of nitrogens with zero attached hydrogens (tertiary/aromatic N) is 3. The van der Waals surface area contributed by atoms with Crippen LogP contribution in [-0.2, 0) is 24.8 Å². The molecule has 4 heterocycles. The molecule has 2 amide bonds. The number of halogens is 1. The van der Waals surface area contributed by atoms with E-state index in [2.05, 4.69) is 5.32 Å². The van der Waals surface area contributed by atoms with Gasteiger partial charge >= 0.3 is 0 Å². The van der Waals surface area contributed by atoms with E-state index in [9.17, 15) is 26.4 Å². The third-order valence-corrected chi connectivity index (χ3v) is 14.1. The molecule has 2 atom stereocenters. The van der Waals surface area contributed by atoms with Crippen LogP contribution in [0.1, 0.15) is 48.9 Å². The fraction of sp³-hybridized carbons (Fsp3) is 0.517. The quantitative estimate of drug-likeness (QED) is 0.415. The Hall–Kier alpha value is -2.16. The molecular formula is C29H35ClN4O6S3. The van der Waals surface area contributed by atoms with Crippen LogP contribution in [0.15, 0.2) is 40.6 Å². The van der Waals surface area contributed by atoms with Gasteiger partial charge in [0.05, 0.1) is 22.6 Å². The van der Waals surface area contributed by atoms with E-state index in [0.717, 1.165) is 47.5 Å². The summed E-state index contributed by atoms with van der Waals surface area (Å²) in [5.74, 6) is -0.491. The first kappa shape index (κ1) is 30.8. The minimum Gasteiger partial charge on any atom is -0.325 e. The number of alkyl halides is 1. The second kappa shape index (κ2) is 12.0. The van der Waals surface area contributed by atoms with Crippen LogP contribution in [-0.4, -0.2) is 80.9 Å². The highest BCUT2D eigenvalue weighted by Crippen LogP contribution is 2.42. The number of allylic oxidation sites excluding steroid dienone is 1. The minimum absolute atomic E-state index is 0.0796. The number of hydrogen-bond donors (Lipinski definition) is 1. The van der Waals surface area contributed by atoms with E-state index in [-0.39, 0.29) is 27.3 Å². The fourth-order valence-corrected chi connectivity index (χ4v) is 11.0. The van der Waals surface area contributed by atoms with E-state index in [4.69, 9.17) is 11.6 Å². The monoisotopic (exact) mass is 666 g/mol. The van der Waals surface area contributed by atoms with Crippen LogP contribution in [0.25, 0.3) is 10.8 Å². The van der Waals surface area contributed by atoms with Crippen molar-refractivity contribution in [2.75, 3.05) is 49.2 Å². The van der Waals surface area contributed by atoms with E-state index in [1.807, 2.05) is 24.3 Å². The highest BCUT2D eigenvalue weighted by molar-refractivity contribution is 8.19. The molecule has 2 fully saturated rings. The maximum absolute atomic E-state index is 13.4. The summed E-state index contributed by atoms with van der Waals surface area (Å²) in [7, 11) is -6.87. The van der Waals surface area contributed by atoms with Gasteiger partial charge in [-0.15, -0.1) is 11.6 Å². The number of anilines is 2. The molecule has 2 aromatic carbocycles. The lowest BCUT2D eigenvalue weighted by Gasteiger charge is -2.31. The van der Waals surface area contributed by atoms with Gasteiger partial charge in [0.25, 0.3) is 5.91 Å². The molecule has 0 aromatic heterocycles. The number of amides is 2. The van der Waals surface area contributed by atoms with Crippen molar-refractivity contribution in [1.82, 2.24) is 8.61 Å². The second-order valence-electron chi connectivity index (χ2n) is 11.7. The Morgan fingerprint density at radius 3 is 2.51 bits per heavy atom. The Labute approximate surface area is 261 Å². The molecule has 232 valence electrons. The SMILES string of the molecule is CS(=O)(=O)N1CCC(CCN2C(=O)c3cccc4c(NC(=O)C5CCCN(S(=O)(=O)C6=CCC(Cl)S6)C5)ccc2c34)CC1. The molecule has 4 aliphatic heterocycles. The zero-order valence-corrected chi connectivity index (χ0v) is 27.1. The largest absolute Gasteiger partial charge is 0.325 e. The summed E-state index contributed by atoms with van der Waals surface area (Å²) in [4.78, 5) is 28.7. The molecule has 2 saturated heterocycles. The Morgan fingerprint density at radius 1 is 1.05 bits per heavy atom. The van der Waals surface area contributed by atoms with Crippen LogP contribution in [0.3, 0.4) is 0 Å². The topological polar surface area (TPSA) is 124 Å². The number of sulfonamides is 2. The van der Waals surface area contributed by atoms with Gasteiger partial charge in [0, 0.05) is 54.7 Å². The molecule has 0 bridgehead atoms. The Bertz CT molecular complexity index is 1710. The molecule has 2 aromatic rings. The van der Waals surface area contributed by atoms with Crippen LogP contribution in [0.4, 0.5) is 11.4 Å². The van der Waals surface area contributed by atoms with Crippen molar-refractivity contribution in [3.8, 4) is 0 Å². The van der Waals surface area contributed by atoms with Gasteiger partial charge in [0.1, 0.15) is 4.24 Å². The summed E-state index contributed by atoms with van der Waals surface area (Å²) >= 11 is 7.25. The van der Waals surface area contributed by atoms with Crippen LogP contribution in [0.2, 0.25) is 0 Å². The Balaban J connectivity index is 1.14. The molecule has 4 aliphatic rings. The summed E-state index contributed by atoms with van der Waals surface area (Å²) in [6.45, 7) is 2.02. The van der Waals surface area contributed by atoms with E-state index in [0.29, 0.717) is 62.6 Å². The number of hydrogen-bond acceptors (Lipinski definition) is 7. The molecule has 10 nitrogen and oxygen atoms in total. The maximum atomic E-state index is 13.4. The molecular weight excluding hydrogens is 632 g/mol. The molecule has 43 heavy (non-hydrogen) atoms. The van der Waals surface area contributed by atoms with Crippen molar-refractivity contribution in [2.24, 2.45) is 11.8 Å². The van der Waals surface area contributed by atoms with Crippen LogP contribution >= 0.6 is 23.4 Å². The van der Waals surface area contributed by atoms with Crippen LogP contribution < -0.4 is 10.2 Å². The number of carbonyl (C=O) groups is 2. The lowest BCUT2D eigenvalue weighted by atomic mass is 9.94. The predicted octanol–water partition coefficient (Wildman–Crippen LogP) is 4.39. The summed E-state index contributed by atoms with van der Waals surface area (Å²) < 4.78 is 52.9. The third kappa shape index (κ3) is 6.08. The number of benzene rings is 2. The molecule has 1 N–H and O–H groups in total. The maximum Gasteiger partial charge on any atom is 0.258 e. The standard InChI is InChI=1S/C29H35ClN4O6S3/c1-42(37,38)32-15-11-19(12-16-32)13-17-34-24-8-7-23(21-5-2-6-22(27(21)24)29(34)36)31-28(35)20-4-3-14-33(18-20)43(39,40)26-10-9-25(30)41-26/h2,5-8,10,19-20,25H,3-4,9,11-18H2,1H3,(H,31,35). The van der Waals surface area contributed by atoms with Gasteiger partial charge in [0.2, 0.25) is 26.0 Å². The minimum atomic E-state index is -3.69. The molecule has 2 unspecified atom stereocenters. The highest BCUT2D eigenvalue weighted by atomic mass is 35.5. The lowest BCUT2D eigenvalue weighted by molar-refractivity contribution is -0.120. The van der Waals surface area contributed by atoms with Crippen molar-refractivity contribution >= 4 is 77.4 Å². The average Bonchev–Trinajstić information content (AvgIpc) is 3.55. The first-order chi connectivity index (χ1) is 20.4. The molecule has 0 radical (unpaired) electrons. The number of carbonyl (C=O) groups excluding carboxylic acids is 2. The van der Waals surface area contributed by atoms with E-state index in [1.165, 1.54) is 14.9 Å². The van der Waals surface area contributed by atoms with E-state index in [1.54, 1.807) is 17.0 Å². The van der Waals surface area contributed by atoms with Gasteiger partial charge in [-0.1, -0.05) is 30.0 Å². The summed E-state index contributed by atoms with van der Waals surface area (Å²) in [6.07, 6.45) is 6.87. The Morgan fingerprint density at radius 2 is 1.81 bits per heavy atom. The van der Waals surface area contributed by atoms with Gasteiger partial charge in [-0.25, -0.2) is 21.1 Å². The first-order valence-electron chi connectivity index (χ1n) is 14.6. The molecule has 0 saturated carbocycles. The molecule has 0 aliphatic carbocycles. The average molecular weight is 667 g/mol. The summed E-state index contributed by atoms with van der Waals surface area (Å²) in [5, 5.41) is 4.59. The second-order valence-corrected chi connectivity index (χ2v) is 17.9. The predicted molar refractivity (Wildman–Crippen MR) is 171 cm³/mol. The summed E-state index contributed by atoms with van der Waals surface area (Å²) in [5.41, 5.74) is 1.98. The van der Waals surface area contributed by atoms with E-state index < -0.39 is 26.0 Å². The van der Waals surface area contributed by atoms with Crippen molar-refractivity contribution in [3.05, 3.63) is 46.2 Å². The number of thioether (sulfide) groups is 1. The zero-order valence-electron chi connectivity index (χ0n) is 23.9. The van der Waals surface area contributed by atoms with Crippen molar-refractivity contribution < 1.29 is 26.4 Å². The van der Waals surface area contributed by atoms with Gasteiger partial charge < -0.3 is 10.2 Å². The van der Waals surface area contributed by atoms with Crippen molar-refractivity contribution in [2.45, 2.75) is 43.2 Å².